The van der Waals surface area contributed by atoms with E-state index < -0.39 is 22.9 Å². The van der Waals surface area contributed by atoms with Gasteiger partial charge in [-0.05, 0) is 66.1 Å². The third-order valence-electron chi connectivity index (χ3n) is 8.42. The molecule has 0 spiro atoms. The Morgan fingerprint density at radius 1 is 1.11 bits per heavy atom. The predicted molar refractivity (Wildman–Crippen MR) is 128 cm³/mol. The van der Waals surface area contributed by atoms with Gasteiger partial charge in [0, 0.05) is 24.4 Å². The van der Waals surface area contributed by atoms with Gasteiger partial charge in [0.05, 0.1) is 22.5 Å². The number of hydrogen-bond acceptors (Lipinski definition) is 4. The van der Waals surface area contributed by atoms with E-state index in [-0.39, 0.29) is 34.2 Å². The number of aromatic nitrogens is 4. The number of aromatic amines is 1. The van der Waals surface area contributed by atoms with E-state index in [1.165, 1.54) is 30.3 Å². The molecule has 1 saturated carbocycles. The number of hydrogen-bond donors (Lipinski definition) is 1. The van der Waals surface area contributed by atoms with E-state index in [0.717, 1.165) is 24.1 Å². The second-order valence-electron chi connectivity index (χ2n) is 10.4. The lowest BCUT2D eigenvalue weighted by molar-refractivity contribution is 0.0693. The summed E-state index contributed by atoms with van der Waals surface area (Å²) in [5.74, 6) is -1.94. The Kier molecular flexibility index (Phi) is 4.81. The number of carbonyl (C=O) groups excluding carboxylic acids is 1. The Bertz CT molecular complexity index is 1530. The molecule has 2 atom stereocenters. The van der Waals surface area contributed by atoms with Crippen LogP contribution in [-0.4, -0.2) is 44.8 Å². The molecule has 1 fully saturated rings. The molecule has 9 heteroatoms. The van der Waals surface area contributed by atoms with Gasteiger partial charge < -0.3 is 4.90 Å². The predicted octanol–water partition coefficient (Wildman–Crippen LogP) is 5.36. The Labute approximate surface area is 205 Å². The topological polar surface area (TPSA) is 74.8 Å². The molecule has 1 amide bonds. The normalized spacial score (nSPS) is 21.7. The SMILES string of the molecule is CN(C[C@@]12CC[C@@H](c3cc(-c4c(F)cccc4F)nnc31)C2(C)C)C(=O)c1n[nH]c2cc(F)ccc12. The van der Waals surface area contributed by atoms with Crippen LogP contribution in [0.2, 0.25) is 0 Å². The van der Waals surface area contributed by atoms with Crippen LogP contribution in [0, 0.1) is 22.9 Å². The van der Waals surface area contributed by atoms with Gasteiger partial charge in [-0.25, -0.2) is 13.2 Å². The van der Waals surface area contributed by atoms with Crippen molar-refractivity contribution in [3.05, 3.63) is 76.9 Å². The van der Waals surface area contributed by atoms with Crippen molar-refractivity contribution in [1.82, 2.24) is 25.3 Å². The number of rotatable bonds is 4. The lowest BCUT2D eigenvalue weighted by Gasteiger charge is -2.40. The Morgan fingerprint density at radius 3 is 2.61 bits per heavy atom. The molecule has 2 bridgehead atoms. The molecule has 2 aromatic heterocycles. The number of likely N-dealkylation sites (N-methyl/N-ethyl adjacent to an activating group) is 1. The third-order valence-corrected chi connectivity index (χ3v) is 8.42. The molecule has 2 aliphatic carbocycles. The lowest BCUT2D eigenvalue weighted by atomic mass is 9.68. The summed E-state index contributed by atoms with van der Waals surface area (Å²) >= 11 is 0. The van der Waals surface area contributed by atoms with Crippen LogP contribution < -0.4 is 0 Å². The van der Waals surface area contributed by atoms with Crippen molar-refractivity contribution in [3.63, 3.8) is 0 Å². The van der Waals surface area contributed by atoms with Gasteiger partial charge in [-0.3, -0.25) is 9.89 Å². The van der Waals surface area contributed by atoms with E-state index in [1.807, 2.05) is 0 Å². The first-order valence-electron chi connectivity index (χ1n) is 11.9. The molecule has 0 aliphatic heterocycles. The molecule has 4 aromatic rings. The van der Waals surface area contributed by atoms with Crippen molar-refractivity contribution >= 4 is 16.8 Å². The quantitative estimate of drug-likeness (QED) is 0.417. The van der Waals surface area contributed by atoms with Gasteiger partial charge in [0.1, 0.15) is 17.5 Å². The molecule has 2 heterocycles. The number of benzene rings is 2. The van der Waals surface area contributed by atoms with E-state index in [9.17, 15) is 18.0 Å². The van der Waals surface area contributed by atoms with Gasteiger partial charge in [-0.1, -0.05) is 19.9 Å². The molecule has 6 rings (SSSR count). The maximum absolute atomic E-state index is 14.5. The zero-order valence-corrected chi connectivity index (χ0v) is 20.1. The molecule has 36 heavy (non-hydrogen) atoms. The average Bonchev–Trinajstić information content (AvgIpc) is 3.42. The van der Waals surface area contributed by atoms with E-state index >= 15 is 0 Å². The van der Waals surface area contributed by atoms with E-state index in [1.54, 1.807) is 24.1 Å². The summed E-state index contributed by atoms with van der Waals surface area (Å²) in [6.07, 6.45) is 1.68. The highest BCUT2D eigenvalue weighted by molar-refractivity contribution is 6.04. The van der Waals surface area contributed by atoms with Crippen molar-refractivity contribution in [2.24, 2.45) is 5.41 Å². The maximum Gasteiger partial charge on any atom is 0.274 e. The van der Waals surface area contributed by atoms with Crippen molar-refractivity contribution in [2.75, 3.05) is 13.6 Å². The Hall–Kier alpha value is -3.75. The van der Waals surface area contributed by atoms with Crippen LogP contribution in [0.25, 0.3) is 22.2 Å². The third kappa shape index (κ3) is 2.98. The molecular weight excluding hydrogens is 467 g/mol. The number of halogens is 3. The van der Waals surface area contributed by atoms with Gasteiger partial charge in [0.25, 0.3) is 5.91 Å². The van der Waals surface area contributed by atoms with Gasteiger partial charge in [-0.2, -0.15) is 15.3 Å². The minimum atomic E-state index is -0.683. The number of nitrogens with one attached hydrogen (secondary N) is 1. The van der Waals surface area contributed by atoms with Crippen molar-refractivity contribution < 1.29 is 18.0 Å². The molecule has 0 radical (unpaired) electrons. The second kappa shape index (κ2) is 7.62. The summed E-state index contributed by atoms with van der Waals surface area (Å²) in [5, 5.41) is 16.2. The van der Waals surface area contributed by atoms with E-state index in [2.05, 4.69) is 34.2 Å². The summed E-state index contributed by atoms with van der Waals surface area (Å²) in [7, 11) is 1.72. The minimum absolute atomic E-state index is 0.120. The molecule has 2 aliphatic rings. The van der Waals surface area contributed by atoms with Crippen LogP contribution in [-0.2, 0) is 5.41 Å². The summed E-state index contributed by atoms with van der Waals surface area (Å²) in [4.78, 5) is 15.1. The first-order valence-corrected chi connectivity index (χ1v) is 11.9. The van der Waals surface area contributed by atoms with Gasteiger partial charge in [0.2, 0.25) is 0 Å². The fourth-order valence-electron chi connectivity index (χ4n) is 6.45. The minimum Gasteiger partial charge on any atom is -0.339 e. The van der Waals surface area contributed by atoms with Crippen LogP contribution in [0.4, 0.5) is 13.2 Å². The highest BCUT2D eigenvalue weighted by Gasteiger charge is 2.63. The van der Waals surface area contributed by atoms with Crippen LogP contribution in [0.1, 0.15) is 54.4 Å². The molecule has 184 valence electrons. The summed E-state index contributed by atoms with van der Waals surface area (Å²) < 4.78 is 42.5. The standard InChI is InChI=1S/C27H24F3N5O/c1-26(2)17-9-10-27(26,13-35(3)25(36)23-15-8-7-14(28)11-20(15)31-33-23)24-16(17)12-21(32-34-24)22-18(29)5-4-6-19(22)30/h4-8,11-12,17H,9-10,13H2,1-3H3,(H,31,33)/t17-,27-/m0/s1. The van der Waals surface area contributed by atoms with Crippen molar-refractivity contribution in [1.29, 1.82) is 0 Å². The smallest absolute Gasteiger partial charge is 0.274 e. The number of amides is 1. The second-order valence-corrected chi connectivity index (χ2v) is 10.4. The molecule has 2 aromatic carbocycles. The zero-order chi connectivity index (χ0) is 25.4. The van der Waals surface area contributed by atoms with Gasteiger partial charge in [0.15, 0.2) is 5.69 Å². The number of H-pyrrole nitrogens is 1. The summed E-state index contributed by atoms with van der Waals surface area (Å²) in [5.41, 5.74) is 1.64. The number of fused-ring (bicyclic) bond motifs is 6. The molecule has 1 N–H and O–H groups in total. The Balaban J connectivity index is 1.38. The molecule has 0 saturated heterocycles. The van der Waals surface area contributed by atoms with Gasteiger partial charge >= 0.3 is 0 Å². The van der Waals surface area contributed by atoms with Crippen molar-refractivity contribution in [3.8, 4) is 11.3 Å². The van der Waals surface area contributed by atoms with E-state index in [0.29, 0.717) is 17.4 Å². The monoisotopic (exact) mass is 491 g/mol. The number of nitrogens with zero attached hydrogens (tertiary/aromatic N) is 4. The summed E-state index contributed by atoms with van der Waals surface area (Å²) in [6.45, 7) is 4.68. The highest BCUT2D eigenvalue weighted by Crippen LogP contribution is 2.67. The molecule has 0 unspecified atom stereocenters. The van der Waals surface area contributed by atoms with Crippen LogP contribution >= 0.6 is 0 Å². The molecule has 6 nitrogen and oxygen atoms in total. The van der Waals surface area contributed by atoms with Crippen molar-refractivity contribution in [2.45, 2.75) is 38.0 Å². The lowest BCUT2D eigenvalue weighted by Crippen LogP contribution is -2.47. The fraction of sp³-hybridized carbons (Fsp3) is 0.333. The highest BCUT2D eigenvalue weighted by atomic mass is 19.1. The van der Waals surface area contributed by atoms with E-state index in [4.69, 9.17) is 0 Å². The first-order chi connectivity index (χ1) is 17.1. The maximum atomic E-state index is 14.5. The first kappa shape index (κ1) is 22.7. The zero-order valence-electron chi connectivity index (χ0n) is 20.1. The van der Waals surface area contributed by atoms with Gasteiger partial charge in [-0.15, -0.1) is 0 Å². The average molecular weight is 492 g/mol. The van der Waals surface area contributed by atoms with Crippen LogP contribution in [0.15, 0.2) is 42.5 Å². The summed E-state index contributed by atoms with van der Waals surface area (Å²) in [6, 6.07) is 9.65. The largest absolute Gasteiger partial charge is 0.339 e. The Morgan fingerprint density at radius 2 is 1.86 bits per heavy atom. The van der Waals surface area contributed by atoms with Crippen LogP contribution in [0.3, 0.4) is 0 Å². The molecular formula is C27H24F3N5O. The van der Waals surface area contributed by atoms with Crippen LogP contribution in [0.5, 0.6) is 0 Å². The number of carbonyl (C=O) groups is 1. The fourth-order valence-corrected chi connectivity index (χ4v) is 6.45.